The Morgan fingerprint density at radius 1 is 1.03 bits per heavy atom. The largest absolute Gasteiger partial charge is 0.336 e. The predicted octanol–water partition coefficient (Wildman–Crippen LogP) is 2.08. The number of benzene rings is 1. The third kappa shape index (κ3) is 3.91. The van der Waals surface area contributed by atoms with Crippen LogP contribution in [0.2, 0.25) is 0 Å². The topological polar surface area (TPSA) is 97.2 Å². The molecule has 0 aliphatic carbocycles. The van der Waals surface area contributed by atoms with Gasteiger partial charge in [0.15, 0.2) is 0 Å². The Kier molecular flexibility index (Phi) is 5.26. The van der Waals surface area contributed by atoms with Gasteiger partial charge in [0, 0.05) is 43.6 Å². The second-order valence-corrected chi connectivity index (χ2v) is 8.40. The van der Waals surface area contributed by atoms with Crippen molar-refractivity contribution in [3.8, 4) is 0 Å². The van der Waals surface area contributed by atoms with Gasteiger partial charge in [0.2, 0.25) is 5.91 Å². The molecule has 8 heteroatoms. The molecule has 2 aliphatic rings. The van der Waals surface area contributed by atoms with Gasteiger partial charge in [-0.3, -0.25) is 19.4 Å². The number of carbonyl (C=O) groups is 2. The van der Waals surface area contributed by atoms with Crippen LogP contribution < -0.4 is 10.9 Å². The van der Waals surface area contributed by atoms with E-state index in [1.807, 2.05) is 41.3 Å². The molecule has 2 bridgehead atoms. The van der Waals surface area contributed by atoms with Gasteiger partial charge in [0.05, 0.1) is 12.6 Å². The predicted molar refractivity (Wildman–Crippen MR) is 118 cm³/mol. The third-order valence-electron chi connectivity index (χ3n) is 6.16. The van der Waals surface area contributed by atoms with Gasteiger partial charge in [-0.25, -0.2) is 4.98 Å². The Morgan fingerprint density at radius 3 is 2.66 bits per heavy atom. The average molecular weight is 429 g/mol. The normalized spacial score (nSPS) is 19.2. The van der Waals surface area contributed by atoms with Crippen LogP contribution in [0.4, 0.5) is 5.69 Å². The molecule has 8 nitrogen and oxygen atoms in total. The first-order valence-electron chi connectivity index (χ1n) is 10.7. The molecule has 162 valence electrons. The van der Waals surface area contributed by atoms with Crippen molar-refractivity contribution in [2.24, 2.45) is 5.92 Å². The number of fused-ring (bicyclic) bond motifs is 4. The summed E-state index contributed by atoms with van der Waals surface area (Å²) in [4.78, 5) is 48.3. The summed E-state index contributed by atoms with van der Waals surface area (Å²) >= 11 is 0. The molecule has 0 radical (unpaired) electrons. The highest BCUT2D eigenvalue weighted by molar-refractivity contribution is 5.92. The Balaban J connectivity index is 1.34. The third-order valence-corrected chi connectivity index (χ3v) is 6.16. The van der Waals surface area contributed by atoms with Crippen LogP contribution in [0.5, 0.6) is 0 Å². The van der Waals surface area contributed by atoms with E-state index in [0.29, 0.717) is 31.0 Å². The SMILES string of the molecule is O=C(Cc1ccccc1)Nc1ccc2n(c1=O)CC1CC2CN(C(=O)c2cnccn2)C1. The zero-order valence-electron chi connectivity index (χ0n) is 17.5. The van der Waals surface area contributed by atoms with E-state index in [1.165, 1.54) is 12.4 Å². The van der Waals surface area contributed by atoms with Gasteiger partial charge in [-0.2, -0.15) is 0 Å². The summed E-state index contributed by atoms with van der Waals surface area (Å²) in [7, 11) is 0. The number of hydrogen-bond acceptors (Lipinski definition) is 5. The molecule has 3 aromatic rings. The molecule has 32 heavy (non-hydrogen) atoms. The van der Waals surface area contributed by atoms with E-state index in [-0.39, 0.29) is 35.6 Å². The van der Waals surface area contributed by atoms with Gasteiger partial charge < -0.3 is 14.8 Å². The summed E-state index contributed by atoms with van der Waals surface area (Å²) in [5, 5.41) is 2.77. The van der Waals surface area contributed by atoms with Crippen LogP contribution >= 0.6 is 0 Å². The van der Waals surface area contributed by atoms with Crippen molar-refractivity contribution in [2.75, 3.05) is 18.4 Å². The van der Waals surface area contributed by atoms with Crippen molar-refractivity contribution in [2.45, 2.75) is 25.3 Å². The highest BCUT2D eigenvalue weighted by Gasteiger charge is 2.37. The van der Waals surface area contributed by atoms with Gasteiger partial charge >= 0.3 is 0 Å². The lowest BCUT2D eigenvalue weighted by atomic mass is 9.83. The van der Waals surface area contributed by atoms with Crippen LogP contribution in [0.25, 0.3) is 0 Å². The van der Waals surface area contributed by atoms with E-state index in [1.54, 1.807) is 16.8 Å². The summed E-state index contributed by atoms with van der Waals surface area (Å²) in [5.41, 5.74) is 2.24. The number of aromatic nitrogens is 3. The molecule has 4 heterocycles. The van der Waals surface area contributed by atoms with E-state index < -0.39 is 0 Å². The fourth-order valence-electron chi connectivity index (χ4n) is 4.75. The average Bonchev–Trinajstić information content (AvgIpc) is 2.82. The molecule has 0 spiro atoms. The van der Waals surface area contributed by atoms with Gasteiger partial charge in [-0.15, -0.1) is 0 Å². The number of rotatable bonds is 4. The Bertz CT molecular complexity index is 1210. The smallest absolute Gasteiger partial charge is 0.274 e. The summed E-state index contributed by atoms with van der Waals surface area (Å²) < 4.78 is 1.76. The molecule has 1 aromatic carbocycles. The molecule has 2 unspecified atom stereocenters. The molecule has 1 saturated heterocycles. The number of nitrogens with one attached hydrogen (secondary N) is 1. The van der Waals surface area contributed by atoms with Crippen LogP contribution in [0, 0.1) is 5.92 Å². The molecule has 1 fully saturated rings. The standard InChI is InChI=1S/C24H23N5O3/c30-22(11-16-4-2-1-3-5-16)27-19-6-7-21-18-10-17(14-29(21)24(19)32)13-28(15-18)23(31)20-12-25-8-9-26-20/h1-9,12,17-18H,10-11,13-15H2,(H,27,30). The van der Waals surface area contributed by atoms with Crippen LogP contribution in [0.15, 0.2) is 65.8 Å². The number of hydrogen-bond donors (Lipinski definition) is 1. The molecule has 2 atom stereocenters. The lowest BCUT2D eigenvalue weighted by Crippen LogP contribution is -2.49. The van der Waals surface area contributed by atoms with Gasteiger partial charge in [-0.05, 0) is 30.0 Å². The number of likely N-dealkylation sites (tertiary alicyclic amines) is 1. The molecule has 2 aromatic heterocycles. The lowest BCUT2D eigenvalue weighted by molar-refractivity contribution is -0.115. The fourth-order valence-corrected chi connectivity index (χ4v) is 4.75. The minimum atomic E-state index is -0.217. The van der Waals surface area contributed by atoms with E-state index in [4.69, 9.17) is 0 Å². The highest BCUT2D eigenvalue weighted by Crippen LogP contribution is 2.35. The zero-order valence-corrected chi connectivity index (χ0v) is 17.5. The van der Waals surface area contributed by atoms with E-state index in [9.17, 15) is 14.4 Å². The molecule has 5 rings (SSSR count). The minimum absolute atomic E-state index is 0.0740. The number of nitrogens with zero attached hydrogens (tertiary/aromatic N) is 4. The number of anilines is 1. The monoisotopic (exact) mass is 429 g/mol. The van der Waals surface area contributed by atoms with Crippen molar-refractivity contribution in [3.05, 3.63) is 88.4 Å². The summed E-state index contributed by atoms with van der Waals surface area (Å²) in [6.07, 6.45) is 5.69. The number of amides is 2. The van der Waals surface area contributed by atoms with E-state index in [0.717, 1.165) is 17.7 Å². The van der Waals surface area contributed by atoms with E-state index >= 15 is 0 Å². The van der Waals surface area contributed by atoms with Crippen LogP contribution in [0.3, 0.4) is 0 Å². The first-order valence-corrected chi connectivity index (χ1v) is 10.7. The number of pyridine rings is 1. The maximum atomic E-state index is 13.1. The maximum Gasteiger partial charge on any atom is 0.274 e. The Morgan fingerprint density at radius 2 is 1.88 bits per heavy atom. The maximum absolute atomic E-state index is 13.1. The molecular formula is C24H23N5O3. The fraction of sp³-hybridized carbons (Fsp3) is 0.292. The minimum Gasteiger partial charge on any atom is -0.336 e. The van der Waals surface area contributed by atoms with Crippen molar-refractivity contribution in [3.63, 3.8) is 0 Å². The second kappa shape index (κ2) is 8.37. The van der Waals surface area contributed by atoms with Crippen LogP contribution in [-0.2, 0) is 17.8 Å². The molecule has 2 aliphatic heterocycles. The quantitative estimate of drug-likeness (QED) is 0.685. The summed E-state index contributed by atoms with van der Waals surface area (Å²) in [6, 6.07) is 13.0. The summed E-state index contributed by atoms with van der Waals surface area (Å²) in [5.74, 6) is -0.0984. The first kappa shape index (κ1) is 20.1. The molecular weight excluding hydrogens is 406 g/mol. The van der Waals surface area contributed by atoms with Crippen LogP contribution in [-0.4, -0.2) is 44.3 Å². The number of carbonyl (C=O) groups excluding carboxylic acids is 2. The van der Waals surface area contributed by atoms with Gasteiger partial charge in [0.25, 0.3) is 11.5 Å². The number of piperidine rings is 1. The Labute approximate surface area is 184 Å². The van der Waals surface area contributed by atoms with Crippen molar-refractivity contribution < 1.29 is 9.59 Å². The van der Waals surface area contributed by atoms with Gasteiger partial charge in [0.1, 0.15) is 11.4 Å². The Hall–Kier alpha value is -3.81. The molecule has 0 saturated carbocycles. The van der Waals surface area contributed by atoms with Crippen LogP contribution in [0.1, 0.15) is 34.1 Å². The molecule has 1 N–H and O–H groups in total. The second-order valence-electron chi connectivity index (χ2n) is 8.40. The highest BCUT2D eigenvalue weighted by atomic mass is 16.2. The van der Waals surface area contributed by atoms with Crippen molar-refractivity contribution in [1.29, 1.82) is 0 Å². The van der Waals surface area contributed by atoms with Crippen molar-refractivity contribution in [1.82, 2.24) is 19.4 Å². The first-order chi connectivity index (χ1) is 15.6. The van der Waals surface area contributed by atoms with E-state index in [2.05, 4.69) is 15.3 Å². The summed E-state index contributed by atoms with van der Waals surface area (Å²) in [6.45, 7) is 1.63. The zero-order chi connectivity index (χ0) is 22.1. The molecule has 2 amide bonds. The van der Waals surface area contributed by atoms with Gasteiger partial charge in [-0.1, -0.05) is 30.3 Å². The van der Waals surface area contributed by atoms with Crippen molar-refractivity contribution >= 4 is 17.5 Å². The lowest BCUT2D eigenvalue weighted by Gasteiger charge is -2.42.